The summed E-state index contributed by atoms with van der Waals surface area (Å²) in [4.78, 5) is 0. The Labute approximate surface area is 105 Å². The summed E-state index contributed by atoms with van der Waals surface area (Å²) < 4.78 is 0. The summed E-state index contributed by atoms with van der Waals surface area (Å²) in [6.45, 7) is 3.41. The van der Waals surface area contributed by atoms with Crippen molar-refractivity contribution < 1.29 is 0 Å². The van der Waals surface area contributed by atoms with Gasteiger partial charge in [-0.3, -0.25) is 0 Å². The van der Waals surface area contributed by atoms with Crippen molar-refractivity contribution in [2.75, 3.05) is 0 Å². The predicted octanol–water partition coefficient (Wildman–Crippen LogP) is 3.60. The van der Waals surface area contributed by atoms with Gasteiger partial charge in [0, 0.05) is 12.6 Å². The molecule has 2 aliphatic carbocycles. The maximum Gasteiger partial charge on any atom is 0.0208 e. The van der Waals surface area contributed by atoms with E-state index >= 15 is 0 Å². The zero-order valence-electron chi connectivity index (χ0n) is 10.7. The van der Waals surface area contributed by atoms with Crippen molar-refractivity contribution in [2.24, 2.45) is 17.8 Å². The fourth-order valence-electron chi connectivity index (χ4n) is 3.93. The van der Waals surface area contributed by atoms with Gasteiger partial charge in [-0.1, -0.05) is 36.8 Å². The summed E-state index contributed by atoms with van der Waals surface area (Å²) in [6.07, 6.45) is 5.99. The number of hydrogen-bond donors (Lipinski definition) is 1. The smallest absolute Gasteiger partial charge is 0.0208 e. The third kappa shape index (κ3) is 2.40. The van der Waals surface area contributed by atoms with E-state index in [2.05, 4.69) is 42.6 Å². The van der Waals surface area contributed by atoms with Crippen LogP contribution in [0.1, 0.15) is 38.2 Å². The van der Waals surface area contributed by atoms with Crippen molar-refractivity contribution in [3.8, 4) is 0 Å². The molecule has 0 aromatic heterocycles. The Kier molecular flexibility index (Phi) is 3.19. The Morgan fingerprint density at radius 3 is 2.65 bits per heavy atom. The van der Waals surface area contributed by atoms with Gasteiger partial charge < -0.3 is 5.32 Å². The van der Waals surface area contributed by atoms with Gasteiger partial charge in [-0.05, 0) is 49.5 Å². The van der Waals surface area contributed by atoms with Crippen molar-refractivity contribution >= 4 is 0 Å². The van der Waals surface area contributed by atoms with E-state index in [1.807, 2.05) is 0 Å². The number of hydrogen-bond acceptors (Lipinski definition) is 1. The molecule has 4 atom stereocenters. The highest BCUT2D eigenvalue weighted by atomic mass is 14.9. The van der Waals surface area contributed by atoms with Crippen LogP contribution in [0.5, 0.6) is 0 Å². The van der Waals surface area contributed by atoms with Crippen molar-refractivity contribution in [1.82, 2.24) is 5.32 Å². The van der Waals surface area contributed by atoms with Crippen molar-refractivity contribution in [1.29, 1.82) is 0 Å². The number of benzene rings is 1. The zero-order valence-corrected chi connectivity index (χ0v) is 10.7. The van der Waals surface area contributed by atoms with Crippen LogP contribution in [-0.4, -0.2) is 6.04 Å². The van der Waals surface area contributed by atoms with E-state index in [1.54, 1.807) is 0 Å². The average Bonchev–Trinajstić information content (AvgIpc) is 2.99. The molecule has 1 nitrogen and oxygen atoms in total. The third-order valence-electron chi connectivity index (χ3n) is 4.91. The molecule has 0 saturated heterocycles. The van der Waals surface area contributed by atoms with Gasteiger partial charge in [0.15, 0.2) is 0 Å². The van der Waals surface area contributed by atoms with Gasteiger partial charge in [-0.15, -0.1) is 0 Å². The number of nitrogens with one attached hydrogen (secondary N) is 1. The van der Waals surface area contributed by atoms with Gasteiger partial charge >= 0.3 is 0 Å². The zero-order chi connectivity index (χ0) is 11.7. The van der Waals surface area contributed by atoms with E-state index in [1.165, 1.54) is 31.2 Å². The fourth-order valence-corrected chi connectivity index (χ4v) is 3.93. The minimum absolute atomic E-state index is 0.686. The maximum atomic E-state index is 3.73. The summed E-state index contributed by atoms with van der Waals surface area (Å²) in [7, 11) is 0. The minimum Gasteiger partial charge on any atom is -0.310 e. The van der Waals surface area contributed by atoms with E-state index in [0.29, 0.717) is 6.04 Å². The topological polar surface area (TPSA) is 12.0 Å². The first-order valence-corrected chi connectivity index (χ1v) is 7.10. The van der Waals surface area contributed by atoms with Crippen molar-refractivity contribution in [3.05, 3.63) is 35.9 Å². The molecule has 1 heteroatoms. The molecule has 0 spiro atoms. The Morgan fingerprint density at radius 2 is 2.00 bits per heavy atom. The molecule has 0 amide bonds. The molecule has 2 aliphatic rings. The van der Waals surface area contributed by atoms with Gasteiger partial charge in [0.2, 0.25) is 0 Å². The SMILES string of the molecule is CC(NCc1ccccc1)C1CC2CCC1C2. The molecule has 2 saturated carbocycles. The minimum atomic E-state index is 0.686. The average molecular weight is 229 g/mol. The van der Waals surface area contributed by atoms with Crippen molar-refractivity contribution in [3.63, 3.8) is 0 Å². The molecule has 0 aliphatic heterocycles. The second-order valence-corrected chi connectivity index (χ2v) is 5.99. The van der Waals surface area contributed by atoms with E-state index in [0.717, 1.165) is 24.3 Å². The largest absolute Gasteiger partial charge is 0.310 e. The first-order chi connectivity index (χ1) is 8.33. The first kappa shape index (κ1) is 11.3. The molecule has 17 heavy (non-hydrogen) atoms. The van der Waals surface area contributed by atoms with Gasteiger partial charge in [0.25, 0.3) is 0 Å². The van der Waals surface area contributed by atoms with Gasteiger partial charge in [-0.25, -0.2) is 0 Å². The first-order valence-electron chi connectivity index (χ1n) is 7.10. The molecule has 0 radical (unpaired) electrons. The second-order valence-electron chi connectivity index (χ2n) is 5.99. The van der Waals surface area contributed by atoms with E-state index in [-0.39, 0.29) is 0 Å². The molecule has 2 bridgehead atoms. The van der Waals surface area contributed by atoms with Crippen LogP contribution in [0.15, 0.2) is 30.3 Å². The van der Waals surface area contributed by atoms with Crippen LogP contribution in [-0.2, 0) is 6.54 Å². The summed E-state index contributed by atoms with van der Waals surface area (Å²) in [5.41, 5.74) is 1.41. The highest BCUT2D eigenvalue weighted by Gasteiger charge is 2.41. The second kappa shape index (κ2) is 4.81. The summed E-state index contributed by atoms with van der Waals surface area (Å²) >= 11 is 0. The molecule has 2 fully saturated rings. The Balaban J connectivity index is 1.52. The Bertz CT molecular complexity index is 359. The summed E-state index contributed by atoms with van der Waals surface area (Å²) in [5.74, 6) is 3.03. The van der Waals surface area contributed by atoms with Crippen LogP contribution >= 0.6 is 0 Å². The third-order valence-corrected chi connectivity index (χ3v) is 4.91. The highest BCUT2D eigenvalue weighted by molar-refractivity contribution is 5.14. The quantitative estimate of drug-likeness (QED) is 0.832. The Hall–Kier alpha value is -0.820. The van der Waals surface area contributed by atoms with Crippen LogP contribution in [0.2, 0.25) is 0 Å². The van der Waals surface area contributed by atoms with Crippen LogP contribution in [0.25, 0.3) is 0 Å². The molecule has 92 valence electrons. The van der Waals surface area contributed by atoms with E-state index < -0.39 is 0 Å². The van der Waals surface area contributed by atoms with Crippen LogP contribution < -0.4 is 5.32 Å². The van der Waals surface area contributed by atoms with E-state index in [9.17, 15) is 0 Å². The van der Waals surface area contributed by atoms with Crippen LogP contribution in [0.3, 0.4) is 0 Å². The molecule has 0 heterocycles. The molecule has 1 aromatic carbocycles. The van der Waals surface area contributed by atoms with Gasteiger partial charge in [0.05, 0.1) is 0 Å². The molecule has 4 unspecified atom stereocenters. The van der Waals surface area contributed by atoms with Gasteiger partial charge in [0.1, 0.15) is 0 Å². The normalized spacial score (nSPS) is 32.9. The van der Waals surface area contributed by atoms with E-state index in [4.69, 9.17) is 0 Å². The van der Waals surface area contributed by atoms with Crippen LogP contribution in [0.4, 0.5) is 0 Å². The van der Waals surface area contributed by atoms with Crippen LogP contribution in [0, 0.1) is 17.8 Å². The number of rotatable bonds is 4. The lowest BCUT2D eigenvalue weighted by atomic mass is 9.84. The maximum absolute atomic E-state index is 3.73. The lowest BCUT2D eigenvalue weighted by molar-refractivity contribution is 0.259. The molecule has 1 N–H and O–H groups in total. The van der Waals surface area contributed by atoms with Crippen molar-refractivity contribution in [2.45, 2.75) is 45.2 Å². The predicted molar refractivity (Wildman–Crippen MR) is 71.7 cm³/mol. The molecular formula is C16H23N. The Morgan fingerprint density at radius 1 is 1.18 bits per heavy atom. The van der Waals surface area contributed by atoms with Gasteiger partial charge in [-0.2, -0.15) is 0 Å². The lowest BCUT2D eigenvalue weighted by Crippen LogP contribution is -2.35. The standard InChI is InChI=1S/C16H23N/c1-12(16-10-14-7-8-15(16)9-14)17-11-13-5-3-2-4-6-13/h2-6,12,14-17H,7-11H2,1H3. The highest BCUT2D eigenvalue weighted by Crippen LogP contribution is 2.49. The summed E-state index contributed by atoms with van der Waals surface area (Å²) in [6, 6.07) is 11.4. The molecule has 1 aromatic rings. The lowest BCUT2D eigenvalue weighted by Gasteiger charge is -2.28. The molecular weight excluding hydrogens is 206 g/mol. The fraction of sp³-hybridized carbons (Fsp3) is 0.625. The summed E-state index contributed by atoms with van der Waals surface area (Å²) in [5, 5.41) is 3.73. The number of fused-ring (bicyclic) bond motifs is 2. The molecule has 3 rings (SSSR count). The monoisotopic (exact) mass is 229 g/mol.